The summed E-state index contributed by atoms with van der Waals surface area (Å²) in [4.78, 5) is 0. The van der Waals surface area contributed by atoms with E-state index in [0.717, 1.165) is 33.2 Å². The Labute approximate surface area is 301 Å². The topological polar surface area (TPSA) is 23.0 Å². The SMILES string of the molecule is c1ccc(-n2c3ccccc3c3c4c5ccccc5n(-c5ccc6sc7c(-c8cccc9c8oc8ccccc89)cccc7c6c5)c4ccc32)cc1. The average molecular weight is 681 g/mol. The smallest absolute Gasteiger partial charge is 0.143 e. The minimum atomic E-state index is 0.922. The van der Waals surface area contributed by atoms with Crippen molar-refractivity contribution in [1.82, 2.24) is 9.13 Å². The Morgan fingerprint density at radius 3 is 1.73 bits per heavy atom. The maximum atomic E-state index is 6.49. The molecular formula is C48H28N2OS. The van der Waals surface area contributed by atoms with E-state index in [9.17, 15) is 0 Å². The molecule has 0 saturated carbocycles. The second-order valence-corrected chi connectivity index (χ2v) is 14.7. The normalized spacial score (nSPS) is 12.2. The number of benzene rings is 8. The summed E-state index contributed by atoms with van der Waals surface area (Å²) in [7, 11) is 0. The number of para-hydroxylation sites is 5. The molecule has 0 aliphatic heterocycles. The third-order valence-electron chi connectivity index (χ3n) is 10.9. The van der Waals surface area contributed by atoms with Crippen molar-refractivity contribution in [2.75, 3.05) is 0 Å². The van der Waals surface area contributed by atoms with Gasteiger partial charge in [0.25, 0.3) is 0 Å². The number of rotatable bonds is 3. The van der Waals surface area contributed by atoms with Gasteiger partial charge in [0, 0.05) is 75.0 Å². The summed E-state index contributed by atoms with van der Waals surface area (Å²) in [6, 6.07) is 61.6. The zero-order valence-corrected chi connectivity index (χ0v) is 28.7. The second-order valence-electron chi connectivity index (χ2n) is 13.6. The highest BCUT2D eigenvalue weighted by molar-refractivity contribution is 7.26. The van der Waals surface area contributed by atoms with Crippen LogP contribution in [0.2, 0.25) is 0 Å². The molecule has 52 heavy (non-hydrogen) atoms. The predicted molar refractivity (Wildman–Crippen MR) is 221 cm³/mol. The van der Waals surface area contributed by atoms with E-state index in [-0.39, 0.29) is 0 Å². The van der Waals surface area contributed by atoms with Crippen molar-refractivity contribution < 1.29 is 4.42 Å². The van der Waals surface area contributed by atoms with Crippen LogP contribution in [-0.4, -0.2) is 9.13 Å². The highest BCUT2D eigenvalue weighted by Gasteiger charge is 2.21. The highest BCUT2D eigenvalue weighted by Crippen LogP contribution is 2.46. The van der Waals surface area contributed by atoms with Gasteiger partial charge in [-0.25, -0.2) is 0 Å². The highest BCUT2D eigenvalue weighted by atomic mass is 32.1. The summed E-state index contributed by atoms with van der Waals surface area (Å²) in [6.07, 6.45) is 0. The summed E-state index contributed by atoms with van der Waals surface area (Å²) in [5.41, 5.74) is 11.4. The van der Waals surface area contributed by atoms with E-state index in [1.54, 1.807) is 0 Å². The van der Waals surface area contributed by atoms with Gasteiger partial charge in [0.05, 0.1) is 22.1 Å². The number of thiophene rings is 1. The van der Waals surface area contributed by atoms with Crippen molar-refractivity contribution in [3.05, 3.63) is 170 Å². The fourth-order valence-electron chi connectivity index (χ4n) is 8.75. The van der Waals surface area contributed by atoms with Crippen molar-refractivity contribution in [3.63, 3.8) is 0 Å². The maximum Gasteiger partial charge on any atom is 0.143 e. The first-order valence-corrected chi connectivity index (χ1v) is 18.5. The van der Waals surface area contributed by atoms with Crippen molar-refractivity contribution in [2.45, 2.75) is 0 Å². The van der Waals surface area contributed by atoms with Crippen molar-refractivity contribution in [3.8, 4) is 22.5 Å². The molecule has 0 spiro atoms. The fourth-order valence-corrected chi connectivity index (χ4v) is 9.96. The Bertz CT molecular complexity index is 3410. The van der Waals surface area contributed by atoms with Gasteiger partial charge in [-0.05, 0) is 60.7 Å². The van der Waals surface area contributed by atoms with Crippen LogP contribution in [0.4, 0.5) is 0 Å². The van der Waals surface area contributed by atoms with Gasteiger partial charge in [0.2, 0.25) is 0 Å². The number of aromatic nitrogens is 2. The number of hydrogen-bond acceptors (Lipinski definition) is 2. The number of nitrogens with zero attached hydrogens (tertiary/aromatic N) is 2. The Kier molecular flexibility index (Phi) is 5.65. The van der Waals surface area contributed by atoms with Gasteiger partial charge in [-0.1, -0.05) is 109 Å². The lowest BCUT2D eigenvalue weighted by molar-refractivity contribution is 0.670. The van der Waals surface area contributed by atoms with Crippen molar-refractivity contribution in [2.24, 2.45) is 0 Å². The molecule has 242 valence electrons. The molecule has 4 heteroatoms. The Morgan fingerprint density at radius 1 is 0.385 bits per heavy atom. The van der Waals surface area contributed by atoms with E-state index in [4.69, 9.17) is 4.42 Å². The van der Waals surface area contributed by atoms with Gasteiger partial charge in [0.15, 0.2) is 0 Å². The first-order valence-electron chi connectivity index (χ1n) is 17.7. The van der Waals surface area contributed by atoms with E-state index in [1.807, 2.05) is 17.4 Å². The van der Waals surface area contributed by atoms with Gasteiger partial charge < -0.3 is 13.6 Å². The fraction of sp³-hybridized carbons (Fsp3) is 0. The number of furan rings is 1. The van der Waals surface area contributed by atoms with E-state index in [0.29, 0.717) is 0 Å². The Hall–Kier alpha value is -6.62. The van der Waals surface area contributed by atoms with Crippen LogP contribution in [0, 0.1) is 0 Å². The number of fused-ring (bicyclic) bond motifs is 13. The van der Waals surface area contributed by atoms with Crippen LogP contribution in [0.3, 0.4) is 0 Å². The molecule has 8 aromatic carbocycles. The zero-order chi connectivity index (χ0) is 33.9. The van der Waals surface area contributed by atoms with Gasteiger partial charge in [-0.2, -0.15) is 0 Å². The number of hydrogen-bond donors (Lipinski definition) is 0. The van der Waals surface area contributed by atoms with E-state index < -0.39 is 0 Å². The summed E-state index contributed by atoms with van der Waals surface area (Å²) < 4.78 is 13.9. The van der Waals surface area contributed by atoms with Gasteiger partial charge >= 0.3 is 0 Å². The summed E-state index contributed by atoms with van der Waals surface area (Å²) in [5, 5.41) is 9.94. The lowest BCUT2D eigenvalue weighted by Gasteiger charge is -2.09. The zero-order valence-electron chi connectivity index (χ0n) is 27.9. The molecule has 0 amide bonds. The molecule has 0 aliphatic carbocycles. The average Bonchev–Trinajstić information content (AvgIpc) is 3.95. The third-order valence-corrected chi connectivity index (χ3v) is 12.1. The maximum absolute atomic E-state index is 6.49. The third kappa shape index (κ3) is 3.74. The standard InChI is InChI=1S/C48H28N2OS/c1-2-12-29(13-3-1)49-39-21-7-4-15-36(39)45-41(49)25-26-42-46(45)37-16-5-8-22-40(37)50(42)30-24-27-44-38(28-30)35-20-11-19-34(48(35)52-44)33-18-10-17-32-31-14-6-9-23-43(31)51-47(32)33/h1-28H. The largest absolute Gasteiger partial charge is 0.455 e. The first kappa shape index (κ1) is 28.1. The van der Waals surface area contributed by atoms with Gasteiger partial charge in [-0.3, -0.25) is 0 Å². The van der Waals surface area contributed by atoms with Gasteiger partial charge in [-0.15, -0.1) is 11.3 Å². The minimum Gasteiger partial charge on any atom is -0.455 e. The molecule has 0 unspecified atom stereocenters. The van der Waals surface area contributed by atoms with Crippen molar-refractivity contribution >= 4 is 97.1 Å². The molecule has 4 heterocycles. The lowest BCUT2D eigenvalue weighted by atomic mass is 10.00. The van der Waals surface area contributed by atoms with Crippen molar-refractivity contribution in [1.29, 1.82) is 0 Å². The molecule has 0 N–H and O–H groups in total. The first-order chi connectivity index (χ1) is 25.8. The molecule has 0 fully saturated rings. The molecule has 12 aromatic rings. The van der Waals surface area contributed by atoms with E-state index in [1.165, 1.54) is 75.0 Å². The molecule has 12 rings (SSSR count). The molecule has 4 aromatic heterocycles. The van der Waals surface area contributed by atoms with Crippen LogP contribution in [0.15, 0.2) is 174 Å². The van der Waals surface area contributed by atoms with E-state index in [2.05, 4.69) is 173 Å². The summed E-state index contributed by atoms with van der Waals surface area (Å²) in [6.45, 7) is 0. The molecule has 0 radical (unpaired) electrons. The monoisotopic (exact) mass is 680 g/mol. The van der Waals surface area contributed by atoms with Crippen LogP contribution in [0.1, 0.15) is 0 Å². The quantitative estimate of drug-likeness (QED) is 0.182. The molecular weight excluding hydrogens is 653 g/mol. The van der Waals surface area contributed by atoms with Crippen LogP contribution >= 0.6 is 11.3 Å². The molecule has 0 bridgehead atoms. The Balaban J connectivity index is 1.12. The molecule has 0 saturated heterocycles. The molecule has 0 aliphatic rings. The summed E-state index contributed by atoms with van der Waals surface area (Å²) in [5.74, 6) is 0. The Morgan fingerprint density at radius 2 is 0.981 bits per heavy atom. The van der Waals surface area contributed by atoms with Crippen LogP contribution < -0.4 is 0 Å². The van der Waals surface area contributed by atoms with Crippen LogP contribution in [0.5, 0.6) is 0 Å². The molecule has 0 atom stereocenters. The van der Waals surface area contributed by atoms with Crippen LogP contribution in [-0.2, 0) is 0 Å². The lowest BCUT2D eigenvalue weighted by Crippen LogP contribution is -1.94. The van der Waals surface area contributed by atoms with Crippen LogP contribution in [0.25, 0.3) is 108 Å². The predicted octanol–water partition coefficient (Wildman–Crippen LogP) is 13.8. The summed E-state index contributed by atoms with van der Waals surface area (Å²) >= 11 is 1.86. The second kappa shape index (κ2) is 10.5. The molecule has 3 nitrogen and oxygen atoms in total. The van der Waals surface area contributed by atoms with Gasteiger partial charge in [0.1, 0.15) is 11.2 Å². The minimum absolute atomic E-state index is 0.922. The van der Waals surface area contributed by atoms with E-state index >= 15 is 0 Å².